The summed E-state index contributed by atoms with van der Waals surface area (Å²) in [4.78, 5) is 17.0. The summed E-state index contributed by atoms with van der Waals surface area (Å²) in [6.07, 6.45) is 3.20. The molecule has 0 spiro atoms. The molecule has 0 unspecified atom stereocenters. The molecular weight excluding hydrogens is 294 g/mol. The maximum absolute atomic E-state index is 12.3. The van der Waals surface area contributed by atoms with Crippen LogP contribution < -0.4 is 11.1 Å². The van der Waals surface area contributed by atoms with Gasteiger partial charge in [0.2, 0.25) is 0 Å². The predicted octanol–water partition coefficient (Wildman–Crippen LogP) is 1.52. The standard InChI is InChI=1S/C13H15N3O2S2/c14-10-11-9(2-1-5-15-11)19-12(10)13(17)16-8-3-6-20(18)7-4-8/h1-2,5,8H,3-4,6-7,14H2,(H,16,17). The first-order valence-corrected chi connectivity index (χ1v) is 8.74. The number of nitrogens with two attached hydrogens (primary N) is 1. The van der Waals surface area contributed by atoms with Crippen LogP contribution in [0.3, 0.4) is 0 Å². The Morgan fingerprint density at radius 3 is 2.90 bits per heavy atom. The van der Waals surface area contributed by atoms with Crippen LogP contribution in [0, 0.1) is 0 Å². The van der Waals surface area contributed by atoms with Gasteiger partial charge in [-0.05, 0) is 25.0 Å². The fourth-order valence-electron chi connectivity index (χ4n) is 2.31. The number of thiophene rings is 1. The first kappa shape index (κ1) is 13.5. The topological polar surface area (TPSA) is 85.1 Å². The average molecular weight is 309 g/mol. The fourth-order valence-corrected chi connectivity index (χ4v) is 4.59. The van der Waals surface area contributed by atoms with E-state index in [-0.39, 0.29) is 11.9 Å². The molecule has 2 aromatic rings. The zero-order chi connectivity index (χ0) is 14.1. The monoisotopic (exact) mass is 309 g/mol. The second kappa shape index (κ2) is 5.49. The Morgan fingerprint density at radius 1 is 1.45 bits per heavy atom. The van der Waals surface area contributed by atoms with E-state index < -0.39 is 10.8 Å². The Morgan fingerprint density at radius 2 is 2.20 bits per heavy atom. The number of nitrogens with zero attached hydrogens (tertiary/aromatic N) is 1. The lowest BCUT2D eigenvalue weighted by Crippen LogP contribution is -2.39. The molecule has 0 aromatic carbocycles. The third-order valence-corrected chi connectivity index (χ3v) is 5.95. The number of nitrogen functional groups attached to an aromatic ring is 1. The molecule has 5 nitrogen and oxygen atoms in total. The second-order valence-corrected chi connectivity index (χ2v) is 7.54. The highest BCUT2D eigenvalue weighted by molar-refractivity contribution is 7.85. The molecule has 1 aliphatic rings. The molecule has 7 heteroatoms. The van der Waals surface area contributed by atoms with E-state index in [1.807, 2.05) is 12.1 Å². The SMILES string of the molecule is Nc1c(C(=O)NC2CCS(=O)CC2)sc2cccnc12. The van der Waals surface area contributed by atoms with E-state index in [9.17, 15) is 9.00 Å². The number of hydrogen-bond donors (Lipinski definition) is 2. The Hall–Kier alpha value is -1.47. The van der Waals surface area contributed by atoms with E-state index in [0.717, 1.165) is 17.5 Å². The minimum atomic E-state index is -0.720. The van der Waals surface area contributed by atoms with Crippen molar-refractivity contribution in [3.63, 3.8) is 0 Å². The number of nitrogens with one attached hydrogen (secondary N) is 1. The number of rotatable bonds is 2. The summed E-state index contributed by atoms with van der Waals surface area (Å²) in [7, 11) is -0.720. The van der Waals surface area contributed by atoms with E-state index in [4.69, 9.17) is 5.73 Å². The largest absolute Gasteiger partial charge is 0.396 e. The predicted molar refractivity (Wildman–Crippen MR) is 82.4 cm³/mol. The van der Waals surface area contributed by atoms with Crippen molar-refractivity contribution in [1.82, 2.24) is 10.3 Å². The van der Waals surface area contributed by atoms with Gasteiger partial charge in [0, 0.05) is 34.5 Å². The van der Waals surface area contributed by atoms with Gasteiger partial charge in [-0.25, -0.2) is 0 Å². The van der Waals surface area contributed by atoms with Crippen LogP contribution in [0.1, 0.15) is 22.5 Å². The quantitative estimate of drug-likeness (QED) is 0.881. The van der Waals surface area contributed by atoms with E-state index in [1.54, 1.807) is 6.20 Å². The van der Waals surface area contributed by atoms with Gasteiger partial charge in [0.15, 0.2) is 0 Å². The third-order valence-electron chi connectivity index (χ3n) is 3.41. The highest BCUT2D eigenvalue weighted by atomic mass is 32.2. The first-order chi connectivity index (χ1) is 9.65. The molecule has 0 atom stereocenters. The molecule has 3 rings (SSSR count). The van der Waals surface area contributed by atoms with E-state index >= 15 is 0 Å². The number of amides is 1. The van der Waals surface area contributed by atoms with Gasteiger partial charge in [0.25, 0.3) is 5.91 Å². The summed E-state index contributed by atoms with van der Waals surface area (Å²) in [5.41, 5.74) is 7.14. The van der Waals surface area contributed by atoms with Crippen molar-refractivity contribution in [1.29, 1.82) is 0 Å². The van der Waals surface area contributed by atoms with Crippen LogP contribution >= 0.6 is 11.3 Å². The third kappa shape index (κ3) is 2.55. The lowest BCUT2D eigenvalue weighted by atomic mass is 10.1. The fraction of sp³-hybridized carbons (Fsp3) is 0.385. The van der Waals surface area contributed by atoms with Crippen LogP contribution in [0.25, 0.3) is 10.2 Å². The van der Waals surface area contributed by atoms with Gasteiger partial charge in [-0.3, -0.25) is 14.0 Å². The molecule has 0 radical (unpaired) electrons. The summed E-state index contributed by atoms with van der Waals surface area (Å²) in [5, 5.41) is 2.99. The molecule has 1 saturated heterocycles. The maximum atomic E-state index is 12.3. The lowest BCUT2D eigenvalue weighted by Gasteiger charge is -2.22. The number of fused-ring (bicyclic) bond motifs is 1. The van der Waals surface area contributed by atoms with E-state index in [0.29, 0.717) is 27.6 Å². The van der Waals surface area contributed by atoms with Gasteiger partial charge in [0.05, 0.1) is 10.4 Å². The van der Waals surface area contributed by atoms with E-state index in [2.05, 4.69) is 10.3 Å². The highest BCUT2D eigenvalue weighted by Crippen LogP contribution is 2.31. The molecular formula is C13H15N3O2S2. The second-order valence-electron chi connectivity index (χ2n) is 4.79. The van der Waals surface area contributed by atoms with Gasteiger partial charge < -0.3 is 11.1 Å². The molecule has 0 saturated carbocycles. The summed E-state index contributed by atoms with van der Waals surface area (Å²) in [5.74, 6) is 1.17. The molecule has 3 N–H and O–H groups in total. The zero-order valence-electron chi connectivity index (χ0n) is 10.8. The van der Waals surface area contributed by atoms with Crippen LogP contribution in [0.2, 0.25) is 0 Å². The molecule has 20 heavy (non-hydrogen) atoms. The van der Waals surface area contributed by atoms with Crippen LogP contribution in [0.5, 0.6) is 0 Å². The Balaban J connectivity index is 1.79. The number of aromatic nitrogens is 1. The Kier molecular flexibility index (Phi) is 3.71. The van der Waals surface area contributed by atoms with Crippen LogP contribution in [-0.4, -0.2) is 32.6 Å². The molecule has 2 aromatic heterocycles. The lowest BCUT2D eigenvalue weighted by molar-refractivity contribution is 0.0939. The summed E-state index contributed by atoms with van der Waals surface area (Å²) < 4.78 is 12.2. The average Bonchev–Trinajstić information content (AvgIpc) is 2.79. The van der Waals surface area contributed by atoms with Gasteiger partial charge in [-0.15, -0.1) is 11.3 Å². The molecule has 1 amide bonds. The molecule has 1 aliphatic heterocycles. The maximum Gasteiger partial charge on any atom is 0.263 e. The molecule has 0 bridgehead atoms. The summed E-state index contributed by atoms with van der Waals surface area (Å²) in [6, 6.07) is 3.83. The van der Waals surface area contributed by atoms with Crippen molar-refractivity contribution in [3.05, 3.63) is 23.2 Å². The van der Waals surface area contributed by atoms with Crippen molar-refractivity contribution >= 4 is 43.9 Å². The smallest absolute Gasteiger partial charge is 0.263 e. The zero-order valence-corrected chi connectivity index (χ0v) is 12.4. The summed E-state index contributed by atoms with van der Waals surface area (Å²) in [6.45, 7) is 0. The molecule has 1 fully saturated rings. The Labute approximate surface area is 123 Å². The van der Waals surface area contributed by atoms with Crippen LogP contribution in [0.4, 0.5) is 5.69 Å². The normalized spacial score (nSPS) is 22.8. The van der Waals surface area contributed by atoms with Crippen molar-refractivity contribution in [2.24, 2.45) is 0 Å². The molecule has 0 aliphatic carbocycles. The van der Waals surface area contributed by atoms with E-state index in [1.165, 1.54) is 11.3 Å². The molecule has 3 heterocycles. The highest BCUT2D eigenvalue weighted by Gasteiger charge is 2.23. The minimum absolute atomic E-state index is 0.0952. The van der Waals surface area contributed by atoms with Crippen LogP contribution in [-0.2, 0) is 10.8 Å². The minimum Gasteiger partial charge on any atom is -0.396 e. The van der Waals surface area contributed by atoms with Crippen molar-refractivity contribution in [2.45, 2.75) is 18.9 Å². The first-order valence-electron chi connectivity index (χ1n) is 6.44. The van der Waals surface area contributed by atoms with Crippen molar-refractivity contribution < 1.29 is 9.00 Å². The van der Waals surface area contributed by atoms with Gasteiger partial charge in [-0.1, -0.05) is 0 Å². The van der Waals surface area contributed by atoms with Crippen molar-refractivity contribution in [2.75, 3.05) is 17.2 Å². The molecule has 106 valence electrons. The number of carbonyl (C=O) groups is 1. The van der Waals surface area contributed by atoms with Crippen molar-refractivity contribution in [3.8, 4) is 0 Å². The number of pyridine rings is 1. The summed E-state index contributed by atoms with van der Waals surface area (Å²) >= 11 is 1.36. The van der Waals surface area contributed by atoms with Crippen LogP contribution in [0.15, 0.2) is 18.3 Å². The van der Waals surface area contributed by atoms with Gasteiger partial charge in [0.1, 0.15) is 10.4 Å². The number of anilines is 1. The number of hydrogen-bond acceptors (Lipinski definition) is 5. The van der Waals surface area contributed by atoms with Gasteiger partial charge in [-0.2, -0.15) is 0 Å². The number of carbonyl (C=O) groups excluding carboxylic acids is 1. The Bertz CT molecular complexity index is 673. The van der Waals surface area contributed by atoms with Gasteiger partial charge >= 0.3 is 0 Å².